The van der Waals surface area contributed by atoms with Gasteiger partial charge in [-0.1, -0.05) is 28.4 Å². The predicted octanol–water partition coefficient (Wildman–Crippen LogP) is 5.41. The van der Waals surface area contributed by atoms with Crippen LogP contribution in [0.1, 0.15) is 5.56 Å². The number of hydrogen-bond acceptors (Lipinski definition) is 3. The highest BCUT2D eigenvalue weighted by Crippen LogP contribution is 2.36. The molecule has 2 aromatic carbocycles. The Hall–Kier alpha value is -2.32. The summed E-state index contributed by atoms with van der Waals surface area (Å²) in [6, 6.07) is 6.77. The number of rotatable bonds is 3. The standard InChI is InChI=1S/C16H9Cl2F4N3O/c1-26-9-3-4-10(11(17)7-9)14-15(18)25(24-23-14)13-5-2-8(6-12(13)19)16(20,21)22/h2-7H,1H3. The van der Waals surface area contributed by atoms with Crippen molar-refractivity contribution in [2.45, 2.75) is 6.18 Å². The van der Waals surface area contributed by atoms with Gasteiger partial charge in [-0.3, -0.25) is 0 Å². The van der Waals surface area contributed by atoms with Gasteiger partial charge in [-0.2, -0.15) is 17.9 Å². The molecule has 0 saturated carbocycles. The van der Waals surface area contributed by atoms with Gasteiger partial charge in [-0.05, 0) is 36.4 Å². The lowest BCUT2D eigenvalue weighted by Crippen LogP contribution is -2.07. The van der Waals surface area contributed by atoms with Crippen LogP contribution in [0.5, 0.6) is 5.75 Å². The first-order valence-corrected chi connectivity index (χ1v) is 7.80. The molecule has 0 spiro atoms. The van der Waals surface area contributed by atoms with E-state index >= 15 is 0 Å². The molecule has 136 valence electrons. The topological polar surface area (TPSA) is 39.9 Å². The quantitative estimate of drug-likeness (QED) is 0.547. The van der Waals surface area contributed by atoms with E-state index in [0.717, 1.165) is 16.8 Å². The third-order valence-corrected chi connectivity index (χ3v) is 4.20. The first kappa shape index (κ1) is 18.5. The van der Waals surface area contributed by atoms with Crippen LogP contribution in [0.2, 0.25) is 10.2 Å². The maximum Gasteiger partial charge on any atom is 0.416 e. The van der Waals surface area contributed by atoms with Crippen LogP contribution in [-0.4, -0.2) is 22.1 Å². The minimum atomic E-state index is -4.66. The molecule has 0 aliphatic rings. The number of ether oxygens (including phenoxy) is 1. The van der Waals surface area contributed by atoms with E-state index in [0.29, 0.717) is 17.4 Å². The molecule has 0 amide bonds. The van der Waals surface area contributed by atoms with Gasteiger partial charge in [0.1, 0.15) is 22.9 Å². The Labute approximate surface area is 154 Å². The normalized spacial score (nSPS) is 11.7. The zero-order valence-corrected chi connectivity index (χ0v) is 14.5. The molecule has 0 bridgehead atoms. The van der Waals surface area contributed by atoms with Crippen molar-refractivity contribution in [1.29, 1.82) is 0 Å². The zero-order chi connectivity index (χ0) is 19.1. The molecular weight excluding hydrogens is 397 g/mol. The molecule has 0 aliphatic heterocycles. The van der Waals surface area contributed by atoms with Crippen molar-refractivity contribution in [3.05, 3.63) is 58.0 Å². The summed E-state index contributed by atoms with van der Waals surface area (Å²) in [6.45, 7) is 0. The summed E-state index contributed by atoms with van der Waals surface area (Å²) < 4.78 is 58.1. The fourth-order valence-electron chi connectivity index (χ4n) is 2.26. The van der Waals surface area contributed by atoms with Crippen molar-refractivity contribution in [1.82, 2.24) is 15.0 Å². The average molecular weight is 406 g/mol. The van der Waals surface area contributed by atoms with Crippen LogP contribution in [0.3, 0.4) is 0 Å². The molecule has 0 aliphatic carbocycles. The Morgan fingerprint density at radius 3 is 2.38 bits per heavy atom. The Kier molecular flexibility index (Phi) is 4.81. The van der Waals surface area contributed by atoms with Crippen LogP contribution in [-0.2, 0) is 6.18 Å². The van der Waals surface area contributed by atoms with Crippen molar-refractivity contribution in [2.24, 2.45) is 0 Å². The Morgan fingerprint density at radius 1 is 1.08 bits per heavy atom. The minimum Gasteiger partial charge on any atom is -0.497 e. The Balaban J connectivity index is 2.05. The number of halogens is 6. The van der Waals surface area contributed by atoms with Crippen LogP contribution in [0.25, 0.3) is 16.9 Å². The van der Waals surface area contributed by atoms with E-state index in [4.69, 9.17) is 27.9 Å². The summed E-state index contributed by atoms with van der Waals surface area (Å²) >= 11 is 12.4. The van der Waals surface area contributed by atoms with E-state index in [-0.39, 0.29) is 21.6 Å². The Morgan fingerprint density at radius 2 is 1.81 bits per heavy atom. The number of methoxy groups -OCH3 is 1. The van der Waals surface area contributed by atoms with Gasteiger partial charge in [0.05, 0.1) is 17.7 Å². The average Bonchev–Trinajstić information content (AvgIpc) is 2.95. The maximum absolute atomic E-state index is 14.1. The highest BCUT2D eigenvalue weighted by molar-refractivity contribution is 6.35. The van der Waals surface area contributed by atoms with Gasteiger partial charge < -0.3 is 4.74 Å². The van der Waals surface area contributed by atoms with Gasteiger partial charge in [0.15, 0.2) is 5.15 Å². The van der Waals surface area contributed by atoms with Crippen LogP contribution in [0.4, 0.5) is 17.6 Å². The van der Waals surface area contributed by atoms with E-state index in [1.165, 1.54) is 13.2 Å². The second-order valence-electron chi connectivity index (χ2n) is 5.15. The summed E-state index contributed by atoms with van der Waals surface area (Å²) in [5.74, 6) is -0.630. The van der Waals surface area contributed by atoms with E-state index in [2.05, 4.69) is 10.3 Å². The van der Waals surface area contributed by atoms with Gasteiger partial charge in [0, 0.05) is 5.56 Å². The van der Waals surface area contributed by atoms with Crippen molar-refractivity contribution in [3.63, 3.8) is 0 Å². The minimum absolute atomic E-state index is 0.101. The smallest absolute Gasteiger partial charge is 0.416 e. The number of alkyl halides is 3. The largest absolute Gasteiger partial charge is 0.497 e. The lowest BCUT2D eigenvalue weighted by Gasteiger charge is -2.09. The SMILES string of the molecule is COc1ccc(-c2nnn(-c3ccc(C(F)(F)F)cc3F)c2Cl)c(Cl)c1. The number of hydrogen-bond donors (Lipinski definition) is 0. The molecule has 1 heterocycles. The lowest BCUT2D eigenvalue weighted by atomic mass is 10.1. The van der Waals surface area contributed by atoms with Crippen molar-refractivity contribution >= 4 is 23.2 Å². The second-order valence-corrected chi connectivity index (χ2v) is 5.92. The van der Waals surface area contributed by atoms with Crippen LogP contribution in [0, 0.1) is 5.82 Å². The molecule has 3 aromatic rings. The van der Waals surface area contributed by atoms with Crippen molar-refractivity contribution < 1.29 is 22.3 Å². The molecule has 0 unspecified atom stereocenters. The van der Waals surface area contributed by atoms with Crippen molar-refractivity contribution in [3.8, 4) is 22.7 Å². The number of aromatic nitrogens is 3. The summed E-state index contributed by atoms with van der Waals surface area (Å²) in [5, 5.41) is 7.75. The first-order chi connectivity index (χ1) is 12.2. The summed E-state index contributed by atoms with van der Waals surface area (Å²) in [5.41, 5.74) is -0.825. The predicted molar refractivity (Wildman–Crippen MR) is 88.3 cm³/mol. The van der Waals surface area contributed by atoms with E-state index in [9.17, 15) is 17.6 Å². The molecule has 0 N–H and O–H groups in total. The van der Waals surface area contributed by atoms with Gasteiger partial charge in [-0.15, -0.1) is 5.10 Å². The molecule has 0 fully saturated rings. The number of nitrogens with zero attached hydrogens (tertiary/aromatic N) is 3. The highest BCUT2D eigenvalue weighted by atomic mass is 35.5. The zero-order valence-electron chi connectivity index (χ0n) is 13.0. The molecule has 3 rings (SSSR count). The van der Waals surface area contributed by atoms with E-state index in [1.807, 2.05) is 0 Å². The fourth-order valence-corrected chi connectivity index (χ4v) is 2.78. The van der Waals surface area contributed by atoms with Crippen molar-refractivity contribution in [2.75, 3.05) is 7.11 Å². The van der Waals surface area contributed by atoms with Crippen LogP contribution >= 0.6 is 23.2 Å². The molecule has 1 aromatic heterocycles. The molecule has 26 heavy (non-hydrogen) atoms. The van der Waals surface area contributed by atoms with E-state index < -0.39 is 17.6 Å². The highest BCUT2D eigenvalue weighted by Gasteiger charge is 2.31. The monoisotopic (exact) mass is 405 g/mol. The lowest BCUT2D eigenvalue weighted by molar-refractivity contribution is -0.137. The summed E-state index contributed by atoms with van der Waals surface area (Å²) in [4.78, 5) is 0. The summed E-state index contributed by atoms with van der Waals surface area (Å²) in [7, 11) is 1.47. The van der Waals surface area contributed by atoms with Crippen LogP contribution in [0.15, 0.2) is 36.4 Å². The third kappa shape index (κ3) is 3.34. The molecule has 0 radical (unpaired) electrons. The van der Waals surface area contributed by atoms with Gasteiger partial charge in [0.2, 0.25) is 0 Å². The molecule has 0 saturated heterocycles. The van der Waals surface area contributed by atoms with E-state index in [1.54, 1.807) is 12.1 Å². The third-order valence-electron chi connectivity index (χ3n) is 3.55. The van der Waals surface area contributed by atoms with Gasteiger partial charge >= 0.3 is 6.18 Å². The van der Waals surface area contributed by atoms with Gasteiger partial charge in [-0.25, -0.2) is 4.39 Å². The molecule has 10 heteroatoms. The maximum atomic E-state index is 14.1. The van der Waals surface area contributed by atoms with Gasteiger partial charge in [0.25, 0.3) is 0 Å². The fraction of sp³-hybridized carbons (Fsp3) is 0.125. The Bertz CT molecular complexity index is 973. The number of benzene rings is 2. The first-order valence-electron chi connectivity index (χ1n) is 7.04. The molecule has 4 nitrogen and oxygen atoms in total. The summed E-state index contributed by atoms with van der Waals surface area (Å²) in [6.07, 6.45) is -4.66. The van der Waals surface area contributed by atoms with Crippen LogP contribution < -0.4 is 4.74 Å². The molecular formula is C16H9Cl2F4N3O. The molecule has 0 atom stereocenters. The second kappa shape index (κ2) is 6.77.